The minimum Gasteiger partial charge on any atom is -0.365 e. The van der Waals surface area contributed by atoms with Crippen LogP contribution in [-0.4, -0.2) is 46.5 Å². The Kier molecular flexibility index (Phi) is 3.69. The Balaban J connectivity index is 1.50. The monoisotopic (exact) mass is 320 g/mol. The molecular formula is C19H20N4O. The number of nitrogens with zero attached hydrogens (tertiary/aromatic N) is 3. The molecule has 1 fully saturated rings. The van der Waals surface area contributed by atoms with Gasteiger partial charge in [0.25, 0.3) is 5.91 Å². The summed E-state index contributed by atoms with van der Waals surface area (Å²) in [5, 5.41) is 0. The van der Waals surface area contributed by atoms with Crippen LogP contribution in [0.25, 0.3) is 11.0 Å². The first kappa shape index (κ1) is 14.8. The van der Waals surface area contributed by atoms with Crippen molar-refractivity contribution in [3.8, 4) is 0 Å². The van der Waals surface area contributed by atoms with Crippen LogP contribution in [0, 0.1) is 0 Å². The number of carbonyl (C=O) groups excluding carboxylic acids is 1. The summed E-state index contributed by atoms with van der Waals surface area (Å²) in [7, 11) is 0. The normalized spacial score (nSPS) is 18.1. The standard InChI is InChI=1S/C19H20N4O/c1-14-12-22(9-10-23(14)16-5-3-2-4-6-16)19(24)15-7-8-17-18(11-15)21-13-20-17/h2-8,11,13-14H,9-10,12H2,1H3,(H,20,21). The number of H-pyrrole nitrogens is 1. The second-order valence-corrected chi connectivity index (χ2v) is 6.26. The molecule has 1 atom stereocenters. The summed E-state index contributed by atoms with van der Waals surface area (Å²) in [5.41, 5.74) is 3.72. The number of benzene rings is 2. The van der Waals surface area contributed by atoms with Gasteiger partial charge in [0, 0.05) is 36.9 Å². The SMILES string of the molecule is CC1CN(C(=O)c2ccc3nc[nH]c3c2)CCN1c1ccccc1. The number of aromatic amines is 1. The summed E-state index contributed by atoms with van der Waals surface area (Å²) in [6, 6.07) is 16.3. The first-order chi connectivity index (χ1) is 11.7. The molecule has 2 heterocycles. The molecule has 1 aliphatic rings. The third-order valence-electron chi connectivity index (χ3n) is 4.67. The van der Waals surface area contributed by atoms with E-state index < -0.39 is 0 Å². The molecule has 1 aliphatic heterocycles. The van der Waals surface area contributed by atoms with Crippen molar-refractivity contribution >= 4 is 22.6 Å². The summed E-state index contributed by atoms with van der Waals surface area (Å²) in [5.74, 6) is 0.0889. The van der Waals surface area contributed by atoms with Gasteiger partial charge in [-0.05, 0) is 37.3 Å². The van der Waals surface area contributed by atoms with E-state index in [1.165, 1.54) is 5.69 Å². The van der Waals surface area contributed by atoms with Crippen LogP contribution in [0.5, 0.6) is 0 Å². The number of carbonyl (C=O) groups is 1. The van der Waals surface area contributed by atoms with E-state index in [-0.39, 0.29) is 5.91 Å². The summed E-state index contributed by atoms with van der Waals surface area (Å²) in [4.78, 5) is 24.4. The van der Waals surface area contributed by atoms with Crippen molar-refractivity contribution in [1.29, 1.82) is 0 Å². The molecule has 122 valence electrons. The second kappa shape index (κ2) is 6.00. The summed E-state index contributed by atoms with van der Waals surface area (Å²) < 4.78 is 0. The number of imidazole rings is 1. The third kappa shape index (κ3) is 2.62. The van der Waals surface area contributed by atoms with Crippen molar-refractivity contribution in [2.75, 3.05) is 24.5 Å². The minimum atomic E-state index is 0.0889. The molecule has 1 N–H and O–H groups in total. The lowest BCUT2D eigenvalue weighted by Crippen LogP contribution is -2.53. The van der Waals surface area contributed by atoms with Gasteiger partial charge >= 0.3 is 0 Å². The Hall–Kier alpha value is -2.82. The molecule has 1 saturated heterocycles. The zero-order valence-corrected chi connectivity index (χ0v) is 13.6. The van der Waals surface area contributed by atoms with Crippen molar-refractivity contribution in [3.05, 3.63) is 60.4 Å². The first-order valence-corrected chi connectivity index (χ1v) is 8.26. The van der Waals surface area contributed by atoms with Crippen LogP contribution in [0.1, 0.15) is 17.3 Å². The fourth-order valence-electron chi connectivity index (χ4n) is 3.40. The number of nitrogens with one attached hydrogen (secondary N) is 1. The van der Waals surface area contributed by atoms with Gasteiger partial charge in [-0.3, -0.25) is 4.79 Å². The van der Waals surface area contributed by atoms with Gasteiger partial charge in [0.15, 0.2) is 0 Å². The number of piperazine rings is 1. The van der Waals surface area contributed by atoms with E-state index in [0.717, 1.165) is 30.7 Å². The highest BCUT2D eigenvalue weighted by molar-refractivity contribution is 5.97. The predicted molar refractivity (Wildman–Crippen MR) is 95.2 cm³/mol. The lowest BCUT2D eigenvalue weighted by Gasteiger charge is -2.41. The van der Waals surface area contributed by atoms with Crippen molar-refractivity contribution in [3.63, 3.8) is 0 Å². The van der Waals surface area contributed by atoms with Crippen LogP contribution in [0.3, 0.4) is 0 Å². The highest BCUT2D eigenvalue weighted by Gasteiger charge is 2.27. The Labute approximate surface area is 140 Å². The molecule has 0 bridgehead atoms. The van der Waals surface area contributed by atoms with Crippen LogP contribution in [0.2, 0.25) is 0 Å². The number of para-hydroxylation sites is 1. The fourth-order valence-corrected chi connectivity index (χ4v) is 3.40. The summed E-state index contributed by atoms with van der Waals surface area (Å²) in [6.45, 7) is 4.49. The smallest absolute Gasteiger partial charge is 0.254 e. The van der Waals surface area contributed by atoms with Gasteiger partial charge in [-0.25, -0.2) is 4.98 Å². The van der Waals surface area contributed by atoms with Crippen molar-refractivity contribution in [2.45, 2.75) is 13.0 Å². The molecule has 1 aromatic heterocycles. The van der Waals surface area contributed by atoms with Gasteiger partial charge in [-0.1, -0.05) is 18.2 Å². The van der Waals surface area contributed by atoms with E-state index in [0.29, 0.717) is 11.6 Å². The molecule has 0 aliphatic carbocycles. The molecule has 3 aromatic rings. The van der Waals surface area contributed by atoms with Crippen LogP contribution >= 0.6 is 0 Å². The minimum absolute atomic E-state index is 0.0889. The maximum Gasteiger partial charge on any atom is 0.254 e. The number of aromatic nitrogens is 2. The number of fused-ring (bicyclic) bond motifs is 1. The quantitative estimate of drug-likeness (QED) is 0.790. The maximum atomic E-state index is 12.8. The van der Waals surface area contributed by atoms with E-state index in [2.05, 4.69) is 46.1 Å². The molecule has 1 unspecified atom stereocenters. The van der Waals surface area contributed by atoms with Gasteiger partial charge in [0.2, 0.25) is 0 Å². The Bertz CT molecular complexity index is 858. The number of hydrogen-bond acceptors (Lipinski definition) is 3. The molecule has 0 spiro atoms. The number of hydrogen-bond donors (Lipinski definition) is 1. The highest BCUT2D eigenvalue weighted by Crippen LogP contribution is 2.21. The van der Waals surface area contributed by atoms with Crippen molar-refractivity contribution in [2.24, 2.45) is 0 Å². The Morgan fingerprint density at radius 3 is 2.79 bits per heavy atom. The fraction of sp³-hybridized carbons (Fsp3) is 0.263. The third-order valence-corrected chi connectivity index (χ3v) is 4.67. The average Bonchev–Trinajstić information content (AvgIpc) is 3.09. The molecule has 5 nitrogen and oxygen atoms in total. The first-order valence-electron chi connectivity index (χ1n) is 8.26. The average molecular weight is 320 g/mol. The zero-order valence-electron chi connectivity index (χ0n) is 13.6. The van der Waals surface area contributed by atoms with E-state index in [1.807, 2.05) is 29.2 Å². The maximum absolute atomic E-state index is 12.8. The molecule has 0 radical (unpaired) electrons. The van der Waals surface area contributed by atoms with Crippen LogP contribution < -0.4 is 4.90 Å². The molecule has 5 heteroatoms. The lowest BCUT2D eigenvalue weighted by atomic mass is 10.1. The summed E-state index contributed by atoms with van der Waals surface area (Å²) >= 11 is 0. The van der Waals surface area contributed by atoms with Gasteiger partial charge in [-0.15, -0.1) is 0 Å². The topological polar surface area (TPSA) is 52.2 Å². The van der Waals surface area contributed by atoms with E-state index in [9.17, 15) is 4.79 Å². The largest absolute Gasteiger partial charge is 0.365 e. The van der Waals surface area contributed by atoms with Gasteiger partial charge in [0.1, 0.15) is 0 Å². The number of rotatable bonds is 2. The van der Waals surface area contributed by atoms with E-state index >= 15 is 0 Å². The van der Waals surface area contributed by atoms with Gasteiger partial charge in [-0.2, -0.15) is 0 Å². The predicted octanol–water partition coefficient (Wildman–Crippen LogP) is 2.91. The van der Waals surface area contributed by atoms with Crippen molar-refractivity contribution < 1.29 is 4.79 Å². The van der Waals surface area contributed by atoms with Crippen LogP contribution in [-0.2, 0) is 0 Å². The molecular weight excluding hydrogens is 300 g/mol. The van der Waals surface area contributed by atoms with Gasteiger partial charge in [0.05, 0.1) is 17.4 Å². The van der Waals surface area contributed by atoms with E-state index in [1.54, 1.807) is 6.33 Å². The Morgan fingerprint density at radius 2 is 2.00 bits per heavy atom. The molecule has 0 saturated carbocycles. The lowest BCUT2D eigenvalue weighted by molar-refractivity contribution is 0.0726. The van der Waals surface area contributed by atoms with E-state index in [4.69, 9.17) is 0 Å². The number of anilines is 1. The van der Waals surface area contributed by atoms with Crippen LogP contribution in [0.4, 0.5) is 5.69 Å². The summed E-state index contributed by atoms with van der Waals surface area (Å²) in [6.07, 6.45) is 1.65. The van der Waals surface area contributed by atoms with Crippen molar-refractivity contribution in [1.82, 2.24) is 14.9 Å². The van der Waals surface area contributed by atoms with Gasteiger partial charge < -0.3 is 14.8 Å². The molecule has 1 amide bonds. The molecule has 2 aromatic carbocycles. The highest BCUT2D eigenvalue weighted by atomic mass is 16.2. The zero-order chi connectivity index (χ0) is 16.5. The Morgan fingerprint density at radius 1 is 1.17 bits per heavy atom. The van der Waals surface area contributed by atoms with Crippen LogP contribution in [0.15, 0.2) is 54.9 Å². The number of amides is 1. The second-order valence-electron chi connectivity index (χ2n) is 6.26. The molecule has 24 heavy (non-hydrogen) atoms. The molecule has 4 rings (SSSR count).